The molecule has 0 aromatic heterocycles. The molecular weight excluding hydrogens is 350 g/mol. The second-order valence-corrected chi connectivity index (χ2v) is 7.00. The van der Waals surface area contributed by atoms with Gasteiger partial charge in [0.1, 0.15) is 6.04 Å². The molecule has 140 valence electrons. The van der Waals surface area contributed by atoms with Crippen molar-refractivity contribution in [1.82, 2.24) is 9.80 Å². The van der Waals surface area contributed by atoms with Crippen molar-refractivity contribution in [3.05, 3.63) is 29.8 Å². The van der Waals surface area contributed by atoms with Crippen LogP contribution in [0.5, 0.6) is 0 Å². The minimum atomic E-state index is -0.336. The summed E-state index contributed by atoms with van der Waals surface area (Å²) in [5.74, 6) is -0.140. The molecule has 0 spiro atoms. The lowest BCUT2D eigenvalue weighted by atomic mass is 10.2. The first kappa shape index (κ1) is 18.6. The highest BCUT2D eigenvalue weighted by Gasteiger charge is 2.35. The molecule has 1 N–H and O–H groups in total. The number of carbonyl (C=O) groups excluding carboxylic acids is 2. The van der Waals surface area contributed by atoms with Crippen LogP contribution in [0, 0.1) is 0 Å². The number of hydrogen-bond acceptors (Lipinski definition) is 4. The molecule has 1 atom stereocenters. The van der Waals surface area contributed by atoms with Gasteiger partial charge in [-0.1, -0.05) is 0 Å². The number of carbonyl (C=O) groups is 2. The molecule has 0 bridgehead atoms. The summed E-state index contributed by atoms with van der Waals surface area (Å²) in [5, 5.41) is 3.75. The predicted molar refractivity (Wildman–Crippen MR) is 104 cm³/mol. The molecule has 6 nitrogen and oxygen atoms in total. The number of nitrogens with zero attached hydrogens (tertiary/aromatic N) is 2. The maximum Gasteiger partial charge on any atom is 0.338 e. The van der Waals surface area contributed by atoms with Gasteiger partial charge in [-0.3, -0.25) is 4.79 Å². The number of esters is 1. The molecule has 1 aromatic rings. The van der Waals surface area contributed by atoms with Crippen molar-refractivity contribution in [3.63, 3.8) is 0 Å². The van der Waals surface area contributed by atoms with Crippen LogP contribution in [0.2, 0.25) is 0 Å². The second-order valence-electron chi connectivity index (χ2n) is 6.61. The van der Waals surface area contributed by atoms with E-state index < -0.39 is 0 Å². The van der Waals surface area contributed by atoms with Gasteiger partial charge in [-0.05, 0) is 69.1 Å². The van der Waals surface area contributed by atoms with Gasteiger partial charge in [-0.15, -0.1) is 0 Å². The number of rotatable bonds is 4. The summed E-state index contributed by atoms with van der Waals surface area (Å²) in [6, 6.07) is 6.85. The molecule has 2 fully saturated rings. The average Bonchev–Trinajstić information content (AvgIpc) is 3.34. The monoisotopic (exact) mass is 375 g/mol. The third-order valence-corrected chi connectivity index (χ3v) is 5.20. The summed E-state index contributed by atoms with van der Waals surface area (Å²) < 4.78 is 4.98. The Morgan fingerprint density at radius 2 is 1.85 bits per heavy atom. The molecule has 1 unspecified atom stereocenters. The minimum absolute atomic E-state index is 0.160. The Morgan fingerprint density at radius 1 is 1.15 bits per heavy atom. The van der Waals surface area contributed by atoms with Crippen LogP contribution < -0.4 is 5.32 Å². The number of anilines is 1. The Balaban J connectivity index is 1.61. The summed E-state index contributed by atoms with van der Waals surface area (Å²) >= 11 is 5.55. The number of nitrogens with one attached hydrogen (secondary N) is 1. The summed E-state index contributed by atoms with van der Waals surface area (Å²) in [6.45, 7) is 4.64. The number of thiocarbonyl (C=S) groups is 1. The zero-order valence-corrected chi connectivity index (χ0v) is 15.9. The summed E-state index contributed by atoms with van der Waals surface area (Å²) in [6.07, 6.45) is 3.99. The lowest BCUT2D eigenvalue weighted by molar-refractivity contribution is -0.133. The van der Waals surface area contributed by atoms with Crippen LogP contribution in [0.25, 0.3) is 0 Å². The van der Waals surface area contributed by atoms with Crippen molar-refractivity contribution in [3.8, 4) is 0 Å². The van der Waals surface area contributed by atoms with E-state index in [1.807, 2.05) is 9.80 Å². The largest absolute Gasteiger partial charge is 0.462 e. The van der Waals surface area contributed by atoms with Gasteiger partial charge < -0.3 is 19.9 Å². The zero-order chi connectivity index (χ0) is 18.5. The first-order valence-electron chi connectivity index (χ1n) is 9.23. The standard InChI is InChI=1S/C19H25N3O3S/c1-2-25-18(24)14-7-9-15(10-8-14)20-19(26)22-13-5-6-16(22)17(23)21-11-3-4-12-21/h7-10,16H,2-6,11-13H2,1H3,(H,20,26). The van der Waals surface area contributed by atoms with Gasteiger partial charge in [0.2, 0.25) is 5.91 Å². The molecule has 26 heavy (non-hydrogen) atoms. The number of likely N-dealkylation sites (tertiary alicyclic amines) is 2. The highest BCUT2D eigenvalue weighted by molar-refractivity contribution is 7.80. The van der Waals surface area contributed by atoms with Gasteiger partial charge in [0.05, 0.1) is 12.2 Å². The van der Waals surface area contributed by atoms with E-state index in [2.05, 4.69) is 5.32 Å². The minimum Gasteiger partial charge on any atom is -0.462 e. The topological polar surface area (TPSA) is 61.9 Å². The quantitative estimate of drug-likeness (QED) is 0.645. The van der Waals surface area contributed by atoms with Gasteiger partial charge >= 0.3 is 5.97 Å². The van der Waals surface area contributed by atoms with E-state index in [1.165, 1.54) is 0 Å². The maximum absolute atomic E-state index is 12.7. The van der Waals surface area contributed by atoms with Crippen LogP contribution in [0.15, 0.2) is 24.3 Å². The third kappa shape index (κ3) is 4.15. The lowest BCUT2D eigenvalue weighted by Gasteiger charge is -2.29. The van der Waals surface area contributed by atoms with Gasteiger partial charge in [0.15, 0.2) is 5.11 Å². The van der Waals surface area contributed by atoms with E-state index >= 15 is 0 Å². The number of hydrogen-bond donors (Lipinski definition) is 1. The Labute approximate surface area is 159 Å². The average molecular weight is 375 g/mol. The van der Waals surface area contributed by atoms with Crippen molar-refractivity contribution in [2.24, 2.45) is 0 Å². The van der Waals surface area contributed by atoms with E-state index in [0.29, 0.717) is 17.3 Å². The number of ether oxygens (including phenoxy) is 1. The van der Waals surface area contributed by atoms with E-state index in [4.69, 9.17) is 17.0 Å². The molecular formula is C19H25N3O3S. The zero-order valence-electron chi connectivity index (χ0n) is 15.1. The molecule has 0 aliphatic carbocycles. The van der Waals surface area contributed by atoms with Crippen LogP contribution in [-0.2, 0) is 9.53 Å². The van der Waals surface area contributed by atoms with E-state index in [1.54, 1.807) is 31.2 Å². The molecule has 1 amide bonds. The highest BCUT2D eigenvalue weighted by Crippen LogP contribution is 2.23. The van der Waals surface area contributed by atoms with Crippen molar-refractivity contribution in [1.29, 1.82) is 0 Å². The van der Waals surface area contributed by atoms with Crippen molar-refractivity contribution in [2.45, 2.75) is 38.6 Å². The van der Waals surface area contributed by atoms with Gasteiger partial charge in [0.25, 0.3) is 0 Å². The van der Waals surface area contributed by atoms with E-state index in [9.17, 15) is 9.59 Å². The Kier molecular flexibility index (Phi) is 6.08. The second kappa shape index (κ2) is 8.49. The van der Waals surface area contributed by atoms with E-state index in [0.717, 1.165) is 51.0 Å². The predicted octanol–water partition coefficient (Wildman–Crippen LogP) is 2.65. The number of benzene rings is 1. The van der Waals surface area contributed by atoms with Crippen LogP contribution in [-0.4, -0.2) is 59.1 Å². The SMILES string of the molecule is CCOC(=O)c1ccc(NC(=S)N2CCCC2C(=O)N2CCCC2)cc1. The van der Waals surface area contributed by atoms with Crippen LogP contribution in [0.4, 0.5) is 5.69 Å². The normalized spacial score (nSPS) is 19.5. The van der Waals surface area contributed by atoms with Gasteiger partial charge in [-0.2, -0.15) is 0 Å². The smallest absolute Gasteiger partial charge is 0.338 e. The number of amides is 1. The molecule has 0 radical (unpaired) electrons. The van der Waals surface area contributed by atoms with Crippen LogP contribution in [0.3, 0.4) is 0 Å². The maximum atomic E-state index is 12.7. The lowest BCUT2D eigenvalue weighted by Crippen LogP contribution is -2.48. The fraction of sp³-hybridized carbons (Fsp3) is 0.526. The molecule has 7 heteroatoms. The summed E-state index contributed by atoms with van der Waals surface area (Å²) in [5.41, 5.74) is 1.30. The van der Waals surface area contributed by atoms with Crippen molar-refractivity contribution >= 4 is 34.9 Å². The van der Waals surface area contributed by atoms with Crippen LogP contribution in [0.1, 0.15) is 43.0 Å². The summed E-state index contributed by atoms with van der Waals surface area (Å²) in [4.78, 5) is 28.4. The van der Waals surface area contributed by atoms with E-state index in [-0.39, 0.29) is 17.9 Å². The van der Waals surface area contributed by atoms with Crippen molar-refractivity contribution < 1.29 is 14.3 Å². The first-order chi connectivity index (χ1) is 12.6. The molecule has 0 saturated carbocycles. The van der Waals surface area contributed by atoms with Gasteiger partial charge in [-0.25, -0.2) is 4.79 Å². The molecule has 1 aromatic carbocycles. The molecule has 2 saturated heterocycles. The third-order valence-electron chi connectivity index (χ3n) is 4.86. The molecule has 2 heterocycles. The first-order valence-corrected chi connectivity index (χ1v) is 9.64. The molecule has 2 aliphatic rings. The fourth-order valence-electron chi connectivity index (χ4n) is 3.51. The van der Waals surface area contributed by atoms with Gasteiger partial charge in [0, 0.05) is 25.3 Å². The fourth-order valence-corrected chi connectivity index (χ4v) is 3.85. The molecule has 2 aliphatic heterocycles. The Hall–Kier alpha value is -2.15. The Bertz CT molecular complexity index is 671. The highest BCUT2D eigenvalue weighted by atomic mass is 32.1. The summed E-state index contributed by atoms with van der Waals surface area (Å²) in [7, 11) is 0. The van der Waals surface area contributed by atoms with Crippen molar-refractivity contribution in [2.75, 3.05) is 31.6 Å². The molecule has 3 rings (SSSR count). The van der Waals surface area contributed by atoms with Crippen LogP contribution >= 0.6 is 12.2 Å². The Morgan fingerprint density at radius 3 is 2.50 bits per heavy atom.